The minimum absolute atomic E-state index is 0.0572. The Morgan fingerprint density at radius 2 is 1.76 bits per heavy atom. The summed E-state index contributed by atoms with van der Waals surface area (Å²) in [5.74, 6) is 0.346. The van der Waals surface area contributed by atoms with Crippen LogP contribution in [-0.2, 0) is 9.59 Å². The van der Waals surface area contributed by atoms with Crippen LogP contribution in [0.5, 0.6) is 0 Å². The Balaban J connectivity index is 2.16. The van der Waals surface area contributed by atoms with Crippen molar-refractivity contribution in [1.29, 1.82) is 0 Å². The number of fused-ring (bicyclic) bond motifs is 2. The molecule has 0 aliphatic heterocycles. The fourth-order valence-corrected chi connectivity index (χ4v) is 11.3. The van der Waals surface area contributed by atoms with Crippen molar-refractivity contribution >= 4 is 33.9 Å². The van der Waals surface area contributed by atoms with Crippen molar-refractivity contribution in [1.82, 2.24) is 0 Å². The Labute approximate surface area is 154 Å². The van der Waals surface area contributed by atoms with Crippen molar-refractivity contribution in [3.63, 3.8) is 0 Å². The van der Waals surface area contributed by atoms with Gasteiger partial charge in [0, 0.05) is 0 Å². The Hall–Kier alpha value is -1.09. The van der Waals surface area contributed by atoms with Crippen LogP contribution >= 0.6 is 0 Å². The molecule has 1 unspecified atom stereocenters. The van der Waals surface area contributed by atoms with Crippen molar-refractivity contribution in [2.45, 2.75) is 58.4 Å². The van der Waals surface area contributed by atoms with Gasteiger partial charge in [0.25, 0.3) is 0 Å². The normalized spacial score (nSPS) is 30.9. The fourth-order valence-electron chi connectivity index (χ4n) is 5.09. The summed E-state index contributed by atoms with van der Waals surface area (Å²) < 4.78 is 1.62. The number of aliphatic hydroxyl groups excluding tert-OH is 1. The van der Waals surface area contributed by atoms with E-state index in [-0.39, 0.29) is 28.5 Å². The number of Topliss-reactive ketones (excluding diaryl/α,β-unsaturated/α-hetero) is 2. The van der Waals surface area contributed by atoms with Gasteiger partial charge in [-0.1, -0.05) is 0 Å². The molecule has 4 atom stereocenters. The van der Waals surface area contributed by atoms with Gasteiger partial charge < -0.3 is 0 Å². The van der Waals surface area contributed by atoms with Crippen molar-refractivity contribution in [3.8, 4) is 0 Å². The predicted molar refractivity (Wildman–Crippen MR) is 103 cm³/mol. The van der Waals surface area contributed by atoms with Crippen LogP contribution in [0.25, 0.3) is 0 Å². The van der Waals surface area contributed by atoms with E-state index in [1.807, 2.05) is 30.3 Å². The summed E-state index contributed by atoms with van der Waals surface area (Å²) in [4.78, 5) is 24.7. The number of rotatable bonds is 5. The van der Waals surface area contributed by atoms with Crippen LogP contribution in [0.2, 0.25) is 5.32 Å². The van der Waals surface area contributed by atoms with Crippen LogP contribution in [0.3, 0.4) is 0 Å². The second-order valence-electron chi connectivity index (χ2n) is 8.15. The number of carbonyl (C=O) groups excluding carboxylic acids is 2. The van der Waals surface area contributed by atoms with Gasteiger partial charge in [0.15, 0.2) is 0 Å². The van der Waals surface area contributed by atoms with E-state index in [9.17, 15) is 14.7 Å². The van der Waals surface area contributed by atoms with E-state index in [1.165, 1.54) is 13.8 Å². The van der Waals surface area contributed by atoms with Crippen molar-refractivity contribution < 1.29 is 14.7 Å². The zero-order valence-corrected chi connectivity index (χ0v) is 17.3. The average Bonchev–Trinajstić information content (AvgIpc) is 2.89. The summed E-state index contributed by atoms with van der Waals surface area (Å²) in [6, 6.07) is 10.0. The number of hydrogen-bond acceptors (Lipinski definition) is 3. The molecule has 0 radical (unpaired) electrons. The molecule has 3 nitrogen and oxygen atoms in total. The molecule has 0 spiro atoms. The third-order valence-electron chi connectivity index (χ3n) is 6.70. The number of aliphatic hydroxyl groups is 1. The SMILES string of the molecule is CC(=O)C(C(C)=O)=[Se](C[C@]12CC[C@H](C[C@H]1O)C2(C)C)c1ccccc1. The van der Waals surface area contributed by atoms with Gasteiger partial charge in [0.05, 0.1) is 0 Å². The molecular formula is C21H28O3Se. The molecule has 0 heterocycles. The van der Waals surface area contributed by atoms with Gasteiger partial charge >= 0.3 is 154 Å². The molecule has 2 aliphatic carbocycles. The standard InChI is InChI=1S/C21H28O3Se/c1-14(22)19(15(2)23)25(17-8-6-5-7-9-17)13-21-11-10-16(12-18(21)24)20(21,3)4/h5-9,16,18,24H,10-13H2,1-4H3/t16-,18-,21-,25?/m1/s1. The zero-order valence-electron chi connectivity index (χ0n) is 15.5. The van der Waals surface area contributed by atoms with Crippen LogP contribution in [-0.4, -0.2) is 40.7 Å². The van der Waals surface area contributed by atoms with Crippen molar-refractivity contribution in [3.05, 3.63) is 30.3 Å². The molecule has 25 heavy (non-hydrogen) atoms. The Bertz CT molecular complexity index is 719. The second kappa shape index (κ2) is 6.57. The third-order valence-corrected chi connectivity index (χ3v) is 12.4. The molecule has 4 heteroatoms. The monoisotopic (exact) mass is 408 g/mol. The first-order valence-electron chi connectivity index (χ1n) is 9.03. The first-order chi connectivity index (χ1) is 11.7. The van der Waals surface area contributed by atoms with E-state index in [2.05, 4.69) is 13.8 Å². The van der Waals surface area contributed by atoms with Crippen LogP contribution in [0.15, 0.2) is 30.3 Å². The Morgan fingerprint density at radius 1 is 1.16 bits per heavy atom. The molecule has 2 bridgehead atoms. The van der Waals surface area contributed by atoms with Gasteiger partial charge in [-0.05, 0) is 0 Å². The maximum absolute atomic E-state index is 12.3. The van der Waals surface area contributed by atoms with Gasteiger partial charge in [-0.3, -0.25) is 0 Å². The number of carbonyl (C=O) groups is 2. The quantitative estimate of drug-likeness (QED) is 0.603. The fraction of sp³-hybridized carbons (Fsp3) is 0.571. The first-order valence-corrected chi connectivity index (χ1v) is 12.0. The Kier molecular flexibility index (Phi) is 4.91. The zero-order chi connectivity index (χ0) is 18.4. The topological polar surface area (TPSA) is 54.4 Å². The molecule has 0 aromatic heterocycles. The number of ketones is 2. The van der Waals surface area contributed by atoms with Gasteiger partial charge in [-0.2, -0.15) is 0 Å². The van der Waals surface area contributed by atoms with Crippen LogP contribution < -0.4 is 4.46 Å². The molecule has 1 aromatic rings. The number of hydrogen-bond donors (Lipinski definition) is 1. The van der Waals surface area contributed by atoms with E-state index in [0.717, 1.165) is 29.0 Å². The number of benzene rings is 1. The van der Waals surface area contributed by atoms with Gasteiger partial charge in [0.2, 0.25) is 0 Å². The van der Waals surface area contributed by atoms with E-state index in [4.69, 9.17) is 0 Å². The molecule has 2 fully saturated rings. The minimum atomic E-state index is -1.82. The van der Waals surface area contributed by atoms with E-state index < -0.39 is 13.5 Å². The predicted octanol–water partition coefficient (Wildman–Crippen LogP) is 2.51. The summed E-state index contributed by atoms with van der Waals surface area (Å²) in [6.07, 6.45) is 2.68. The molecule has 136 valence electrons. The molecule has 0 saturated heterocycles. The summed E-state index contributed by atoms with van der Waals surface area (Å²) in [6.45, 7) is 7.58. The van der Waals surface area contributed by atoms with E-state index in [1.54, 1.807) is 0 Å². The Morgan fingerprint density at radius 3 is 2.20 bits per heavy atom. The average molecular weight is 407 g/mol. The van der Waals surface area contributed by atoms with Crippen molar-refractivity contribution in [2.24, 2.45) is 16.7 Å². The first kappa shape index (κ1) is 18.7. The molecular weight excluding hydrogens is 379 g/mol. The summed E-state index contributed by atoms with van der Waals surface area (Å²) in [7, 11) is 0. The molecule has 0 amide bonds. The molecule has 2 aliphatic rings. The van der Waals surface area contributed by atoms with Gasteiger partial charge in [-0.15, -0.1) is 0 Å². The molecule has 2 saturated carbocycles. The molecule has 1 N–H and O–H groups in total. The van der Waals surface area contributed by atoms with Crippen LogP contribution in [0.1, 0.15) is 47.0 Å². The van der Waals surface area contributed by atoms with Crippen LogP contribution in [0, 0.1) is 16.7 Å². The van der Waals surface area contributed by atoms with E-state index >= 15 is 0 Å². The third kappa shape index (κ3) is 2.89. The van der Waals surface area contributed by atoms with Gasteiger partial charge in [-0.25, -0.2) is 0 Å². The molecule has 3 rings (SSSR count). The second-order valence-corrected chi connectivity index (χ2v) is 12.2. The molecule has 1 aromatic carbocycles. The summed E-state index contributed by atoms with van der Waals surface area (Å²) in [5.41, 5.74) is -0.115. The van der Waals surface area contributed by atoms with Gasteiger partial charge in [0.1, 0.15) is 0 Å². The maximum atomic E-state index is 12.3. The van der Waals surface area contributed by atoms with Crippen LogP contribution in [0.4, 0.5) is 0 Å². The van der Waals surface area contributed by atoms with Crippen molar-refractivity contribution in [2.75, 3.05) is 0 Å². The van der Waals surface area contributed by atoms with E-state index in [0.29, 0.717) is 10.3 Å². The summed E-state index contributed by atoms with van der Waals surface area (Å²) in [5, 5.41) is 11.7. The summed E-state index contributed by atoms with van der Waals surface area (Å²) >= 11 is -1.82.